The summed E-state index contributed by atoms with van der Waals surface area (Å²) in [7, 11) is 5.29. The Bertz CT molecular complexity index is 345. The number of ether oxygens (including phenoxy) is 2. The highest BCUT2D eigenvalue weighted by molar-refractivity contribution is 5.31. The maximum Gasteiger partial charge on any atom is 0.225 e. The van der Waals surface area contributed by atoms with Gasteiger partial charge in [0.15, 0.2) is 0 Å². The van der Waals surface area contributed by atoms with E-state index >= 15 is 0 Å². The lowest BCUT2D eigenvalue weighted by Gasteiger charge is -2.28. The van der Waals surface area contributed by atoms with Gasteiger partial charge in [-0.15, -0.1) is 0 Å². The molecule has 0 saturated heterocycles. The monoisotopic (exact) mass is 268 g/mol. The van der Waals surface area contributed by atoms with E-state index in [1.54, 1.807) is 14.2 Å². The van der Waals surface area contributed by atoms with Crippen LogP contribution in [0.5, 0.6) is 0 Å². The molecule has 6 heteroatoms. The lowest BCUT2D eigenvalue weighted by molar-refractivity contribution is 0.170. The quantitative estimate of drug-likeness (QED) is 0.711. The maximum atomic E-state index is 5.20. The third-order valence-corrected chi connectivity index (χ3v) is 2.81. The minimum absolute atomic E-state index is 0.204. The molecule has 1 rings (SSSR count). The SMILES string of the molecule is CNCc1cnc(N(CCOC)C(C)COC)nc1. The predicted octanol–water partition coefficient (Wildman–Crippen LogP) is 0.684. The molecule has 1 atom stereocenters. The van der Waals surface area contributed by atoms with Crippen LogP contribution in [0.2, 0.25) is 0 Å². The molecule has 1 aromatic heterocycles. The Balaban J connectivity index is 2.77. The topological polar surface area (TPSA) is 59.5 Å². The van der Waals surface area contributed by atoms with Crippen LogP contribution in [-0.2, 0) is 16.0 Å². The molecule has 0 aromatic carbocycles. The molecule has 0 aliphatic rings. The molecule has 1 heterocycles. The zero-order valence-electron chi connectivity index (χ0n) is 12.2. The number of methoxy groups -OCH3 is 2. The van der Waals surface area contributed by atoms with Crippen LogP contribution in [0.4, 0.5) is 5.95 Å². The van der Waals surface area contributed by atoms with Gasteiger partial charge >= 0.3 is 0 Å². The Kier molecular flexibility index (Phi) is 7.32. The summed E-state index contributed by atoms with van der Waals surface area (Å²) in [6, 6.07) is 0.204. The van der Waals surface area contributed by atoms with Crippen molar-refractivity contribution in [2.75, 3.05) is 45.9 Å². The highest BCUT2D eigenvalue weighted by atomic mass is 16.5. The zero-order valence-corrected chi connectivity index (χ0v) is 12.2. The third-order valence-electron chi connectivity index (χ3n) is 2.81. The van der Waals surface area contributed by atoms with Gasteiger partial charge < -0.3 is 19.7 Å². The highest BCUT2D eigenvalue weighted by Gasteiger charge is 2.16. The zero-order chi connectivity index (χ0) is 14.1. The van der Waals surface area contributed by atoms with Gasteiger partial charge in [0.05, 0.1) is 19.3 Å². The molecule has 0 radical (unpaired) electrons. The number of hydrogen-bond acceptors (Lipinski definition) is 6. The Labute approximate surface area is 115 Å². The number of rotatable bonds is 9. The number of aromatic nitrogens is 2. The second kappa shape index (κ2) is 8.79. The summed E-state index contributed by atoms with van der Waals surface area (Å²) in [5, 5.41) is 3.08. The van der Waals surface area contributed by atoms with E-state index < -0.39 is 0 Å². The minimum Gasteiger partial charge on any atom is -0.383 e. The van der Waals surface area contributed by atoms with Gasteiger partial charge in [0.1, 0.15) is 0 Å². The molecule has 1 unspecified atom stereocenters. The Morgan fingerprint density at radius 1 is 1.26 bits per heavy atom. The Hall–Kier alpha value is -1.24. The van der Waals surface area contributed by atoms with Gasteiger partial charge in [0.2, 0.25) is 5.95 Å². The van der Waals surface area contributed by atoms with Gasteiger partial charge in [-0.25, -0.2) is 9.97 Å². The smallest absolute Gasteiger partial charge is 0.225 e. The summed E-state index contributed by atoms with van der Waals surface area (Å²) in [6.07, 6.45) is 3.69. The summed E-state index contributed by atoms with van der Waals surface area (Å²) < 4.78 is 10.3. The number of nitrogens with zero attached hydrogens (tertiary/aromatic N) is 3. The van der Waals surface area contributed by atoms with Gasteiger partial charge in [-0.05, 0) is 14.0 Å². The summed E-state index contributed by atoms with van der Waals surface area (Å²) >= 11 is 0. The fourth-order valence-electron chi connectivity index (χ4n) is 1.83. The fraction of sp³-hybridized carbons (Fsp3) is 0.692. The van der Waals surface area contributed by atoms with E-state index in [2.05, 4.69) is 27.1 Å². The highest BCUT2D eigenvalue weighted by Crippen LogP contribution is 2.11. The first-order valence-corrected chi connectivity index (χ1v) is 6.43. The van der Waals surface area contributed by atoms with Crippen molar-refractivity contribution in [2.45, 2.75) is 19.5 Å². The maximum absolute atomic E-state index is 5.20. The normalized spacial score (nSPS) is 12.4. The van der Waals surface area contributed by atoms with E-state index in [1.165, 1.54) is 0 Å². The predicted molar refractivity (Wildman–Crippen MR) is 75.4 cm³/mol. The third kappa shape index (κ3) is 5.10. The largest absolute Gasteiger partial charge is 0.383 e. The molecule has 108 valence electrons. The molecule has 6 nitrogen and oxygen atoms in total. The van der Waals surface area contributed by atoms with Gasteiger partial charge in [-0.1, -0.05) is 0 Å². The van der Waals surface area contributed by atoms with Crippen molar-refractivity contribution in [3.05, 3.63) is 18.0 Å². The average Bonchev–Trinajstić information content (AvgIpc) is 2.41. The number of nitrogens with one attached hydrogen (secondary N) is 1. The summed E-state index contributed by atoms with van der Waals surface area (Å²) in [4.78, 5) is 10.9. The van der Waals surface area contributed by atoms with Gasteiger partial charge in [0.25, 0.3) is 0 Å². The standard InChI is InChI=1S/C13H24N4O2/c1-11(10-19-4)17(5-6-18-3)13-15-8-12(7-14-2)9-16-13/h8-9,11,14H,5-7,10H2,1-4H3. The van der Waals surface area contributed by atoms with Crippen molar-refractivity contribution >= 4 is 5.95 Å². The van der Waals surface area contributed by atoms with Crippen LogP contribution in [0.15, 0.2) is 12.4 Å². The van der Waals surface area contributed by atoms with Crippen LogP contribution in [0.25, 0.3) is 0 Å². The first kappa shape index (κ1) is 15.8. The van der Waals surface area contributed by atoms with Gasteiger partial charge in [0, 0.05) is 45.3 Å². The molecular weight excluding hydrogens is 244 g/mol. The van der Waals surface area contributed by atoms with Crippen molar-refractivity contribution in [2.24, 2.45) is 0 Å². The van der Waals surface area contributed by atoms with Crippen LogP contribution in [-0.4, -0.2) is 57.0 Å². The van der Waals surface area contributed by atoms with Crippen molar-refractivity contribution in [3.63, 3.8) is 0 Å². The molecule has 19 heavy (non-hydrogen) atoms. The summed E-state index contributed by atoms with van der Waals surface area (Å²) in [6.45, 7) is 4.86. The number of anilines is 1. The molecule has 0 amide bonds. The van der Waals surface area contributed by atoms with E-state index in [0.29, 0.717) is 19.2 Å². The van der Waals surface area contributed by atoms with Crippen molar-refractivity contribution < 1.29 is 9.47 Å². The summed E-state index contributed by atoms with van der Waals surface area (Å²) in [5.41, 5.74) is 1.07. The van der Waals surface area contributed by atoms with E-state index in [-0.39, 0.29) is 6.04 Å². The van der Waals surface area contributed by atoms with E-state index in [4.69, 9.17) is 9.47 Å². The number of hydrogen-bond donors (Lipinski definition) is 1. The first-order chi connectivity index (χ1) is 9.22. The fourth-order valence-corrected chi connectivity index (χ4v) is 1.83. The van der Waals surface area contributed by atoms with Crippen LogP contribution in [0.1, 0.15) is 12.5 Å². The van der Waals surface area contributed by atoms with Crippen LogP contribution in [0.3, 0.4) is 0 Å². The van der Waals surface area contributed by atoms with E-state index in [9.17, 15) is 0 Å². The van der Waals surface area contributed by atoms with Crippen LogP contribution >= 0.6 is 0 Å². The average molecular weight is 268 g/mol. The molecule has 0 spiro atoms. The molecule has 0 fully saturated rings. The van der Waals surface area contributed by atoms with Crippen molar-refractivity contribution in [1.29, 1.82) is 0 Å². The van der Waals surface area contributed by atoms with Gasteiger partial charge in [-0.3, -0.25) is 0 Å². The lowest BCUT2D eigenvalue weighted by Crippen LogP contribution is -2.39. The first-order valence-electron chi connectivity index (χ1n) is 6.43. The van der Waals surface area contributed by atoms with Crippen molar-refractivity contribution in [3.8, 4) is 0 Å². The molecule has 1 N–H and O–H groups in total. The molecule has 0 bridgehead atoms. The summed E-state index contributed by atoms with van der Waals surface area (Å²) in [5.74, 6) is 0.710. The van der Waals surface area contributed by atoms with Crippen LogP contribution in [0, 0.1) is 0 Å². The lowest BCUT2D eigenvalue weighted by atomic mass is 10.3. The second-order valence-electron chi connectivity index (χ2n) is 4.41. The van der Waals surface area contributed by atoms with E-state index in [0.717, 1.165) is 18.7 Å². The molecule has 0 saturated carbocycles. The van der Waals surface area contributed by atoms with Gasteiger partial charge in [-0.2, -0.15) is 0 Å². The molecule has 0 aliphatic carbocycles. The molecule has 1 aromatic rings. The molecule has 0 aliphatic heterocycles. The second-order valence-corrected chi connectivity index (χ2v) is 4.41. The Morgan fingerprint density at radius 2 is 1.95 bits per heavy atom. The Morgan fingerprint density at radius 3 is 2.47 bits per heavy atom. The minimum atomic E-state index is 0.204. The van der Waals surface area contributed by atoms with Crippen LogP contribution < -0.4 is 10.2 Å². The van der Waals surface area contributed by atoms with E-state index in [1.807, 2.05) is 19.4 Å². The van der Waals surface area contributed by atoms with Crippen molar-refractivity contribution in [1.82, 2.24) is 15.3 Å². The molecular formula is C13H24N4O2.